The van der Waals surface area contributed by atoms with Crippen LogP contribution >= 0.6 is 0 Å². The first-order valence-electron chi connectivity index (χ1n) is 11.9. The predicted molar refractivity (Wildman–Crippen MR) is 127 cm³/mol. The van der Waals surface area contributed by atoms with Crippen LogP contribution in [0.2, 0.25) is 0 Å². The number of halogens is 2. The van der Waals surface area contributed by atoms with E-state index in [9.17, 15) is 13.6 Å². The van der Waals surface area contributed by atoms with Gasteiger partial charge in [0, 0.05) is 50.5 Å². The van der Waals surface area contributed by atoms with Crippen molar-refractivity contribution in [2.75, 3.05) is 24.5 Å². The number of hydrogen-bond donors (Lipinski definition) is 0. The molecule has 1 atom stereocenters. The molecule has 0 bridgehead atoms. The Bertz CT molecular complexity index is 1090. The monoisotopic (exact) mass is 467 g/mol. The average Bonchev–Trinajstić information content (AvgIpc) is 2.82. The Labute approximate surface area is 199 Å². The number of aromatic nitrogens is 2. The molecular formula is C26H31F2N5O. The average molecular weight is 468 g/mol. The normalized spacial score (nSPS) is 20.8. The van der Waals surface area contributed by atoms with E-state index in [1.165, 1.54) is 0 Å². The second-order valence-corrected chi connectivity index (χ2v) is 9.70. The van der Waals surface area contributed by atoms with Gasteiger partial charge in [-0.15, -0.1) is 10.2 Å². The molecule has 2 fully saturated rings. The summed E-state index contributed by atoms with van der Waals surface area (Å²) in [5.41, 5.74) is 4.40. The number of nitrogens with zero attached hydrogens (tertiary/aromatic N) is 5. The van der Waals surface area contributed by atoms with Crippen LogP contribution in [0.3, 0.4) is 0 Å². The molecule has 34 heavy (non-hydrogen) atoms. The van der Waals surface area contributed by atoms with Crippen LogP contribution in [0.4, 0.5) is 14.6 Å². The van der Waals surface area contributed by atoms with Gasteiger partial charge in [0.15, 0.2) is 5.82 Å². The van der Waals surface area contributed by atoms with Gasteiger partial charge < -0.3 is 9.80 Å². The third-order valence-electron chi connectivity index (χ3n) is 7.33. The van der Waals surface area contributed by atoms with Gasteiger partial charge in [0.2, 0.25) is 11.8 Å². The molecule has 2 heterocycles. The van der Waals surface area contributed by atoms with Gasteiger partial charge in [0.1, 0.15) is 0 Å². The summed E-state index contributed by atoms with van der Waals surface area (Å²) >= 11 is 0. The van der Waals surface area contributed by atoms with E-state index < -0.39 is 5.92 Å². The molecule has 0 N–H and O–H groups in total. The molecule has 1 aliphatic heterocycles. The molecule has 8 heteroatoms. The molecule has 1 aromatic carbocycles. The summed E-state index contributed by atoms with van der Waals surface area (Å²) < 4.78 is 26.9. The van der Waals surface area contributed by atoms with E-state index in [0.717, 1.165) is 28.2 Å². The molecule has 0 unspecified atom stereocenters. The Morgan fingerprint density at radius 3 is 2.41 bits per heavy atom. The zero-order valence-electron chi connectivity index (χ0n) is 20.0. The first-order chi connectivity index (χ1) is 16.2. The molecule has 6 nitrogen and oxygen atoms in total. The van der Waals surface area contributed by atoms with E-state index in [0.29, 0.717) is 44.5 Å². The largest absolute Gasteiger partial charge is 0.351 e. The summed E-state index contributed by atoms with van der Waals surface area (Å²) in [7, 11) is 0. The van der Waals surface area contributed by atoms with Crippen LogP contribution in [0.15, 0.2) is 24.3 Å². The van der Waals surface area contributed by atoms with E-state index in [-0.39, 0.29) is 30.7 Å². The molecule has 1 aliphatic carbocycles. The fraction of sp³-hybridized carbons (Fsp3) is 0.538. The van der Waals surface area contributed by atoms with Gasteiger partial charge in [-0.3, -0.25) is 4.79 Å². The smallest absolute Gasteiger partial charge is 0.248 e. The van der Waals surface area contributed by atoms with Gasteiger partial charge in [0.05, 0.1) is 17.3 Å². The lowest BCUT2D eigenvalue weighted by Crippen LogP contribution is -2.54. The van der Waals surface area contributed by atoms with E-state index in [2.05, 4.69) is 21.2 Å². The Hall–Kier alpha value is -3.08. The lowest BCUT2D eigenvalue weighted by Gasteiger charge is -2.41. The van der Waals surface area contributed by atoms with Gasteiger partial charge in [-0.05, 0) is 62.8 Å². The highest BCUT2D eigenvalue weighted by Crippen LogP contribution is 2.38. The van der Waals surface area contributed by atoms with Crippen LogP contribution in [-0.2, 0) is 4.79 Å². The zero-order valence-corrected chi connectivity index (χ0v) is 20.0. The van der Waals surface area contributed by atoms with Crippen molar-refractivity contribution >= 4 is 11.7 Å². The van der Waals surface area contributed by atoms with Crippen LogP contribution in [-0.4, -0.2) is 52.6 Å². The van der Waals surface area contributed by atoms with Gasteiger partial charge in [0.25, 0.3) is 0 Å². The van der Waals surface area contributed by atoms with Crippen molar-refractivity contribution in [2.45, 2.75) is 64.8 Å². The Morgan fingerprint density at radius 2 is 1.79 bits per heavy atom. The number of carbonyl (C=O) groups excluding carboxylic acids is 1. The zero-order chi connectivity index (χ0) is 24.5. The highest BCUT2D eigenvalue weighted by atomic mass is 19.3. The van der Waals surface area contributed by atoms with Crippen LogP contribution in [0, 0.1) is 31.1 Å². The summed E-state index contributed by atoms with van der Waals surface area (Å²) in [6.45, 7) is 7.98. The van der Waals surface area contributed by atoms with Crippen LogP contribution < -0.4 is 4.90 Å². The summed E-state index contributed by atoms with van der Waals surface area (Å²) in [6.07, 6.45) is 0.991. The van der Waals surface area contributed by atoms with Crippen molar-refractivity contribution < 1.29 is 13.6 Å². The summed E-state index contributed by atoms with van der Waals surface area (Å²) in [5, 5.41) is 18.0. The number of piperazine rings is 1. The Balaban J connectivity index is 1.41. The van der Waals surface area contributed by atoms with E-state index >= 15 is 0 Å². The number of nitriles is 1. The van der Waals surface area contributed by atoms with Crippen molar-refractivity contribution in [2.24, 2.45) is 5.92 Å². The number of amides is 1. The number of anilines is 1. The predicted octanol–water partition coefficient (Wildman–Crippen LogP) is 4.88. The highest BCUT2D eigenvalue weighted by Gasteiger charge is 2.37. The van der Waals surface area contributed by atoms with Crippen LogP contribution in [0.1, 0.15) is 55.7 Å². The SMILES string of the molecule is Cc1c(-c2ccc(C#N)cc2)nnc(N2CCN(C(=O)CC3CCC(F)(F)CC3)[C@@H](C)C2)c1C. The van der Waals surface area contributed by atoms with Gasteiger partial charge >= 0.3 is 0 Å². The maximum absolute atomic E-state index is 13.4. The number of alkyl halides is 2. The van der Waals surface area contributed by atoms with Crippen molar-refractivity contribution in [1.29, 1.82) is 5.26 Å². The Kier molecular flexibility index (Phi) is 6.83. The lowest BCUT2D eigenvalue weighted by atomic mass is 9.84. The number of carbonyl (C=O) groups is 1. The first-order valence-corrected chi connectivity index (χ1v) is 11.9. The summed E-state index contributed by atoms with van der Waals surface area (Å²) in [6, 6.07) is 9.45. The number of benzene rings is 1. The molecule has 0 spiro atoms. The quantitative estimate of drug-likeness (QED) is 0.641. The summed E-state index contributed by atoms with van der Waals surface area (Å²) in [4.78, 5) is 17.0. The molecule has 180 valence electrons. The van der Waals surface area contributed by atoms with Gasteiger partial charge in [-0.25, -0.2) is 8.78 Å². The maximum Gasteiger partial charge on any atom is 0.248 e. The topological polar surface area (TPSA) is 73.1 Å². The molecule has 1 saturated heterocycles. The summed E-state index contributed by atoms with van der Waals surface area (Å²) in [5.74, 6) is -1.62. The molecule has 1 aromatic heterocycles. The van der Waals surface area contributed by atoms with Crippen LogP contribution in [0.25, 0.3) is 11.3 Å². The fourth-order valence-corrected chi connectivity index (χ4v) is 5.06. The molecule has 4 rings (SSSR count). The minimum absolute atomic E-state index is 0.00555. The van der Waals surface area contributed by atoms with E-state index in [1.807, 2.05) is 37.8 Å². The number of rotatable bonds is 4. The standard InChI is InChI=1S/C26H31F2N5O/c1-17-16-32(12-13-33(17)23(34)14-20-8-10-26(27,28)11-9-20)25-19(3)18(2)24(30-31-25)22-6-4-21(15-29)5-7-22/h4-7,17,20H,8-14,16H2,1-3H3/t17-/m0/s1. The third kappa shape index (κ3) is 5.03. The molecule has 0 radical (unpaired) electrons. The second kappa shape index (κ2) is 9.65. The minimum atomic E-state index is -2.56. The van der Waals surface area contributed by atoms with Gasteiger partial charge in [-0.1, -0.05) is 12.1 Å². The van der Waals surface area contributed by atoms with Crippen molar-refractivity contribution in [3.8, 4) is 17.3 Å². The molecule has 2 aromatic rings. The third-order valence-corrected chi connectivity index (χ3v) is 7.33. The molecule has 1 saturated carbocycles. The van der Waals surface area contributed by atoms with E-state index in [4.69, 9.17) is 5.26 Å². The second-order valence-electron chi connectivity index (χ2n) is 9.70. The fourth-order valence-electron chi connectivity index (χ4n) is 5.06. The van der Waals surface area contributed by atoms with Gasteiger partial charge in [-0.2, -0.15) is 5.26 Å². The first kappa shape index (κ1) is 24.1. The van der Waals surface area contributed by atoms with E-state index in [1.54, 1.807) is 12.1 Å². The number of hydrogen-bond acceptors (Lipinski definition) is 5. The molecule has 1 amide bonds. The van der Waals surface area contributed by atoms with Crippen LogP contribution in [0.5, 0.6) is 0 Å². The maximum atomic E-state index is 13.4. The molecular weight excluding hydrogens is 436 g/mol. The highest BCUT2D eigenvalue weighted by molar-refractivity contribution is 5.77. The molecule has 2 aliphatic rings. The van der Waals surface area contributed by atoms with Crippen molar-refractivity contribution in [3.63, 3.8) is 0 Å². The minimum Gasteiger partial charge on any atom is -0.351 e. The van der Waals surface area contributed by atoms with Crippen molar-refractivity contribution in [3.05, 3.63) is 41.0 Å². The lowest BCUT2D eigenvalue weighted by molar-refractivity contribution is -0.135. The van der Waals surface area contributed by atoms with Crippen molar-refractivity contribution in [1.82, 2.24) is 15.1 Å². The Morgan fingerprint density at radius 1 is 1.12 bits per heavy atom.